The minimum Gasteiger partial charge on any atom is -0.251 e. The van der Waals surface area contributed by atoms with Gasteiger partial charge >= 0.3 is 0 Å². The van der Waals surface area contributed by atoms with Crippen molar-refractivity contribution in [2.75, 3.05) is 0 Å². The van der Waals surface area contributed by atoms with Crippen LogP contribution in [0.1, 0.15) is 32.6 Å². The van der Waals surface area contributed by atoms with Gasteiger partial charge in [0.1, 0.15) is 6.10 Å². The Kier molecular flexibility index (Phi) is 2.90. The topological polar surface area (TPSA) is 29.5 Å². The summed E-state index contributed by atoms with van der Waals surface area (Å²) in [5.41, 5.74) is 1.17. The third kappa shape index (κ3) is 1.82. The van der Waals surface area contributed by atoms with Gasteiger partial charge in [0.15, 0.2) is 0 Å². The molecule has 0 radical (unpaired) electrons. The fourth-order valence-corrected chi connectivity index (χ4v) is 1.30. The number of allylic oxidation sites excluding steroid dienone is 1. The lowest BCUT2D eigenvalue weighted by Crippen LogP contribution is -2.10. The van der Waals surface area contributed by atoms with Gasteiger partial charge in [0.05, 0.1) is 0 Å². The number of rotatable bonds is 1. The number of hydrogen-bond donors (Lipinski definition) is 1. The van der Waals surface area contributed by atoms with E-state index in [1.807, 2.05) is 6.92 Å². The molecule has 2 nitrogen and oxygen atoms in total. The molecule has 58 valence electrons. The van der Waals surface area contributed by atoms with Gasteiger partial charge in [0.25, 0.3) is 0 Å². The molecule has 0 bridgehead atoms. The molecule has 2 heteroatoms. The van der Waals surface area contributed by atoms with Gasteiger partial charge < -0.3 is 0 Å². The molecule has 1 unspecified atom stereocenters. The number of hydrogen-bond acceptors (Lipinski definition) is 2. The maximum atomic E-state index is 8.45. The minimum absolute atomic E-state index is 0.0394. The molecule has 0 aliphatic heterocycles. The van der Waals surface area contributed by atoms with Crippen LogP contribution < -0.4 is 0 Å². The highest BCUT2D eigenvalue weighted by Gasteiger charge is 2.12. The van der Waals surface area contributed by atoms with E-state index in [1.54, 1.807) is 0 Å². The molecule has 0 amide bonds. The second-order valence-corrected chi connectivity index (χ2v) is 2.83. The third-order valence-electron chi connectivity index (χ3n) is 2.02. The molecule has 1 rings (SSSR count). The average Bonchev–Trinajstić information content (AvgIpc) is 2.13. The summed E-state index contributed by atoms with van der Waals surface area (Å²) in [4.78, 5) is 4.32. The zero-order chi connectivity index (χ0) is 7.40. The van der Waals surface area contributed by atoms with Gasteiger partial charge in [-0.25, -0.2) is 4.89 Å². The molecule has 10 heavy (non-hydrogen) atoms. The van der Waals surface area contributed by atoms with Crippen molar-refractivity contribution < 1.29 is 10.1 Å². The van der Waals surface area contributed by atoms with Crippen LogP contribution in [-0.4, -0.2) is 11.4 Å². The smallest absolute Gasteiger partial charge is 0.113 e. The van der Waals surface area contributed by atoms with Crippen molar-refractivity contribution in [2.24, 2.45) is 0 Å². The van der Waals surface area contributed by atoms with Crippen molar-refractivity contribution in [1.82, 2.24) is 0 Å². The Balaban J connectivity index is 2.51. The van der Waals surface area contributed by atoms with Crippen LogP contribution in [0.15, 0.2) is 11.6 Å². The molecule has 0 saturated heterocycles. The van der Waals surface area contributed by atoms with E-state index < -0.39 is 0 Å². The van der Waals surface area contributed by atoms with E-state index in [0.29, 0.717) is 0 Å². The molecule has 0 heterocycles. The van der Waals surface area contributed by atoms with E-state index in [1.165, 1.54) is 12.0 Å². The molecular weight excluding hydrogens is 128 g/mol. The van der Waals surface area contributed by atoms with Gasteiger partial charge in [-0.15, -0.1) is 0 Å². The van der Waals surface area contributed by atoms with Gasteiger partial charge in [0, 0.05) is 0 Å². The molecule has 0 aromatic rings. The molecule has 1 aliphatic rings. The van der Waals surface area contributed by atoms with Crippen molar-refractivity contribution in [1.29, 1.82) is 0 Å². The van der Waals surface area contributed by atoms with E-state index in [9.17, 15) is 0 Å². The van der Waals surface area contributed by atoms with Crippen molar-refractivity contribution in [3.8, 4) is 0 Å². The van der Waals surface area contributed by atoms with Crippen LogP contribution in [0, 0.1) is 0 Å². The SMILES string of the molecule is CC1=CCCCCC1OO. The molecule has 0 fully saturated rings. The normalized spacial score (nSPS) is 27.4. The van der Waals surface area contributed by atoms with E-state index >= 15 is 0 Å². The van der Waals surface area contributed by atoms with Crippen LogP contribution in [0.5, 0.6) is 0 Å². The molecule has 0 spiro atoms. The van der Waals surface area contributed by atoms with Crippen LogP contribution >= 0.6 is 0 Å². The summed E-state index contributed by atoms with van der Waals surface area (Å²) in [6.45, 7) is 2.01. The first-order valence-corrected chi connectivity index (χ1v) is 3.81. The standard InChI is InChI=1S/C8H14O2/c1-7-5-3-2-4-6-8(7)10-9/h5,8-9H,2-4,6H2,1H3. The quantitative estimate of drug-likeness (QED) is 0.346. The minimum atomic E-state index is -0.0394. The lowest BCUT2D eigenvalue weighted by molar-refractivity contribution is -0.269. The Bertz CT molecular complexity index is 129. The summed E-state index contributed by atoms with van der Waals surface area (Å²) in [5.74, 6) is 0. The van der Waals surface area contributed by atoms with Gasteiger partial charge in [0.2, 0.25) is 0 Å². The predicted octanol–water partition coefficient (Wildman–Crippen LogP) is 2.36. The first kappa shape index (κ1) is 7.76. The van der Waals surface area contributed by atoms with Gasteiger partial charge in [-0.1, -0.05) is 12.5 Å². The Hall–Kier alpha value is -0.340. The highest BCUT2D eigenvalue weighted by Crippen LogP contribution is 2.19. The summed E-state index contributed by atoms with van der Waals surface area (Å²) in [7, 11) is 0. The first-order valence-electron chi connectivity index (χ1n) is 3.81. The zero-order valence-electron chi connectivity index (χ0n) is 6.34. The lowest BCUT2D eigenvalue weighted by atomic mass is 10.1. The van der Waals surface area contributed by atoms with Crippen molar-refractivity contribution in [3.63, 3.8) is 0 Å². The van der Waals surface area contributed by atoms with Crippen LogP contribution in [0.2, 0.25) is 0 Å². The highest BCUT2D eigenvalue weighted by molar-refractivity contribution is 5.06. The van der Waals surface area contributed by atoms with Crippen LogP contribution in [0.4, 0.5) is 0 Å². The summed E-state index contributed by atoms with van der Waals surface area (Å²) in [6.07, 6.45) is 6.57. The van der Waals surface area contributed by atoms with E-state index in [2.05, 4.69) is 11.0 Å². The average molecular weight is 142 g/mol. The Morgan fingerprint density at radius 2 is 2.40 bits per heavy atom. The summed E-state index contributed by atoms with van der Waals surface area (Å²) < 4.78 is 0. The molecule has 1 N–H and O–H groups in total. The van der Waals surface area contributed by atoms with E-state index in [4.69, 9.17) is 5.26 Å². The van der Waals surface area contributed by atoms with Crippen LogP contribution in [0.25, 0.3) is 0 Å². The summed E-state index contributed by atoms with van der Waals surface area (Å²) in [5, 5.41) is 8.45. The molecule has 0 aromatic heterocycles. The van der Waals surface area contributed by atoms with Crippen molar-refractivity contribution in [2.45, 2.75) is 38.7 Å². The monoisotopic (exact) mass is 142 g/mol. The fourth-order valence-electron chi connectivity index (χ4n) is 1.30. The third-order valence-corrected chi connectivity index (χ3v) is 2.02. The Morgan fingerprint density at radius 1 is 1.60 bits per heavy atom. The second-order valence-electron chi connectivity index (χ2n) is 2.83. The first-order chi connectivity index (χ1) is 4.84. The van der Waals surface area contributed by atoms with Gasteiger partial charge in [-0.3, -0.25) is 5.26 Å². The largest absolute Gasteiger partial charge is 0.251 e. The second kappa shape index (κ2) is 3.74. The van der Waals surface area contributed by atoms with Crippen LogP contribution in [-0.2, 0) is 4.89 Å². The van der Waals surface area contributed by atoms with Gasteiger partial charge in [-0.2, -0.15) is 0 Å². The summed E-state index contributed by atoms with van der Waals surface area (Å²) in [6, 6.07) is 0. The molecular formula is C8H14O2. The summed E-state index contributed by atoms with van der Waals surface area (Å²) >= 11 is 0. The van der Waals surface area contributed by atoms with Crippen molar-refractivity contribution >= 4 is 0 Å². The highest BCUT2D eigenvalue weighted by atomic mass is 17.1. The zero-order valence-corrected chi connectivity index (χ0v) is 6.34. The van der Waals surface area contributed by atoms with Gasteiger partial charge in [-0.05, 0) is 31.8 Å². The maximum absolute atomic E-state index is 8.45. The molecule has 0 saturated carbocycles. The Morgan fingerprint density at radius 3 is 3.10 bits per heavy atom. The van der Waals surface area contributed by atoms with E-state index in [-0.39, 0.29) is 6.10 Å². The van der Waals surface area contributed by atoms with Crippen molar-refractivity contribution in [3.05, 3.63) is 11.6 Å². The molecule has 0 aromatic carbocycles. The Labute approximate surface area is 61.4 Å². The molecule has 1 atom stereocenters. The lowest BCUT2D eigenvalue weighted by Gasteiger charge is -2.10. The molecule has 1 aliphatic carbocycles. The van der Waals surface area contributed by atoms with E-state index in [0.717, 1.165) is 19.3 Å². The predicted molar refractivity (Wildman–Crippen MR) is 39.7 cm³/mol. The van der Waals surface area contributed by atoms with Crippen LogP contribution in [0.3, 0.4) is 0 Å². The fraction of sp³-hybridized carbons (Fsp3) is 0.750. The maximum Gasteiger partial charge on any atom is 0.113 e.